The van der Waals surface area contributed by atoms with Crippen LogP contribution in [0.1, 0.15) is 66.8 Å². The Kier molecular flexibility index (Phi) is 18.2. The molecule has 5 rings (SSSR count). The molecule has 68 heavy (non-hydrogen) atoms. The normalized spacial score (nSPS) is 11.6. The van der Waals surface area contributed by atoms with Crippen LogP contribution < -0.4 is 18.9 Å². The van der Waals surface area contributed by atoms with Gasteiger partial charge in [0.1, 0.15) is 49.4 Å². The minimum Gasteiger partial charge on any atom is -0.496 e. The van der Waals surface area contributed by atoms with Gasteiger partial charge in [-0.15, -0.1) is 0 Å². The highest BCUT2D eigenvalue weighted by Crippen LogP contribution is 2.41. The number of ether oxygens (including phenoxy) is 8. The molecule has 0 radical (unpaired) electrons. The van der Waals surface area contributed by atoms with Crippen LogP contribution in [0.3, 0.4) is 0 Å². The van der Waals surface area contributed by atoms with Crippen LogP contribution in [0, 0.1) is 0 Å². The third-order valence-corrected chi connectivity index (χ3v) is 10.9. The monoisotopic (exact) mass is 936 g/mol. The predicted molar refractivity (Wildman–Crippen MR) is 247 cm³/mol. The average molecular weight is 937 g/mol. The first-order valence-electron chi connectivity index (χ1n) is 21.2. The van der Waals surface area contributed by atoms with E-state index in [1.54, 1.807) is 0 Å². The van der Waals surface area contributed by atoms with Crippen molar-refractivity contribution in [3.63, 3.8) is 0 Å². The predicted octanol–water partition coefficient (Wildman–Crippen LogP) is 4.76. The maximum Gasteiger partial charge on any atom is 0.336 e. The quantitative estimate of drug-likeness (QED) is 0.0469. The minimum absolute atomic E-state index is 0.128. The number of hydrogen-bond donors (Lipinski definition) is 4. The molecule has 360 valence electrons. The van der Waals surface area contributed by atoms with Crippen LogP contribution in [0.2, 0.25) is 0 Å². The maximum absolute atomic E-state index is 12.7. The molecule has 0 fully saturated rings. The molecule has 16 nitrogen and oxygen atoms in total. The Balaban J connectivity index is 1.84. The van der Waals surface area contributed by atoms with Crippen molar-refractivity contribution >= 4 is 23.9 Å². The molecular weight excluding hydrogens is 881 g/mol. The number of hydrogen-bond acceptors (Lipinski definition) is 16. The fourth-order valence-electron chi connectivity index (χ4n) is 7.82. The first-order chi connectivity index (χ1) is 32.6. The van der Waals surface area contributed by atoms with Crippen LogP contribution in [0.15, 0.2) is 97.1 Å². The third-order valence-electron chi connectivity index (χ3n) is 10.9. The zero-order valence-electron chi connectivity index (χ0n) is 38.6. The van der Waals surface area contributed by atoms with Crippen molar-refractivity contribution in [2.24, 2.45) is 0 Å². The molecule has 0 heterocycles. The van der Waals surface area contributed by atoms with Crippen molar-refractivity contribution in [1.82, 2.24) is 0 Å². The highest BCUT2D eigenvalue weighted by atomic mass is 16.5. The van der Waals surface area contributed by atoms with Crippen molar-refractivity contribution in [1.29, 1.82) is 0 Å². The van der Waals surface area contributed by atoms with Gasteiger partial charge in [0.25, 0.3) is 0 Å². The number of benzene rings is 4. The van der Waals surface area contributed by atoms with Crippen molar-refractivity contribution in [2.75, 3.05) is 54.9 Å². The molecule has 0 aliphatic heterocycles. The van der Waals surface area contributed by atoms with Crippen LogP contribution in [-0.4, -0.2) is 99.2 Å². The van der Waals surface area contributed by atoms with Crippen LogP contribution in [0.25, 0.3) is 0 Å². The molecular formula is C52H56O16. The van der Waals surface area contributed by atoms with E-state index in [1.165, 1.54) is 28.4 Å². The molecule has 0 unspecified atom stereocenters. The van der Waals surface area contributed by atoms with Crippen LogP contribution >= 0.6 is 0 Å². The molecule has 8 bridgehead atoms. The molecule has 0 saturated heterocycles. The summed E-state index contributed by atoms with van der Waals surface area (Å²) in [5, 5.41) is 38.2. The van der Waals surface area contributed by atoms with Gasteiger partial charge in [0.2, 0.25) is 0 Å². The van der Waals surface area contributed by atoms with Gasteiger partial charge in [-0.2, -0.15) is 0 Å². The molecule has 16 heteroatoms. The van der Waals surface area contributed by atoms with Crippen LogP contribution in [0.4, 0.5) is 0 Å². The van der Waals surface area contributed by atoms with E-state index in [2.05, 4.69) is 26.3 Å². The lowest BCUT2D eigenvalue weighted by atomic mass is 9.88. The lowest BCUT2D eigenvalue weighted by molar-refractivity contribution is -0.141. The maximum atomic E-state index is 12.7. The van der Waals surface area contributed by atoms with Crippen molar-refractivity contribution in [3.8, 4) is 23.0 Å². The van der Waals surface area contributed by atoms with E-state index >= 15 is 0 Å². The Labute approximate surface area is 394 Å². The fraction of sp³-hybridized carbons (Fsp3) is 0.308. The number of esters is 4. The molecule has 0 aromatic heterocycles. The smallest absolute Gasteiger partial charge is 0.336 e. The third kappa shape index (κ3) is 12.6. The summed E-state index contributed by atoms with van der Waals surface area (Å²) in [7, 11) is 6.10. The summed E-state index contributed by atoms with van der Waals surface area (Å²) in [5.41, 5.74) is 6.81. The SMILES string of the molecule is C=C(CO)C(=O)OCc1cc2c(OC)c(c1)Cc1cc(COC(=O)C(=C)CO)cc(c1OC)Cc1cc(COC(=O)C(=C)CO)cc(c1OC)Cc1cc(COC(=O)C(=C)CO)cc(c1OC)C2. The Hall–Kier alpha value is -7.24. The van der Waals surface area contributed by atoms with Gasteiger partial charge in [-0.1, -0.05) is 26.3 Å². The zero-order chi connectivity index (χ0) is 49.7. The van der Waals surface area contributed by atoms with Crippen molar-refractivity contribution in [3.05, 3.63) is 164 Å². The molecule has 0 atom stereocenters. The zero-order valence-corrected chi connectivity index (χ0v) is 38.6. The summed E-state index contributed by atoms with van der Waals surface area (Å²) in [5.74, 6) is -1.25. The van der Waals surface area contributed by atoms with Crippen LogP contribution in [-0.2, 0) is 90.2 Å². The topological polar surface area (TPSA) is 223 Å². The van der Waals surface area contributed by atoms with E-state index < -0.39 is 50.3 Å². The molecule has 4 N–H and O–H groups in total. The Morgan fingerprint density at radius 2 is 0.529 bits per heavy atom. The molecule has 4 aromatic rings. The molecule has 4 aromatic carbocycles. The van der Waals surface area contributed by atoms with Crippen molar-refractivity contribution < 1.29 is 77.5 Å². The summed E-state index contributed by atoms with van der Waals surface area (Å²) >= 11 is 0. The number of fused-ring (bicyclic) bond motifs is 8. The summed E-state index contributed by atoms with van der Waals surface area (Å²) in [6.45, 7) is 11.1. The molecule has 0 spiro atoms. The standard InChI is InChI=1S/C52H56O16/c1-29(21-53)49(57)65-25-33-9-37-17-39-11-34(26-66-50(58)30(2)22-54)13-41(46(39)62-6)19-43-15-36(28-68-52(60)32(4)24-56)16-44(48(43)64-8)20-42-14-35(27-67-51(59)31(3)23-55)12-40(47(42)63-7)18-38(10-33)45(37)61-5/h9-16,53-56H,1-4,17-28H2,5-8H3. The van der Waals surface area contributed by atoms with Gasteiger partial charge >= 0.3 is 23.9 Å². The molecule has 0 amide bonds. The summed E-state index contributed by atoms with van der Waals surface area (Å²) in [4.78, 5) is 50.9. The summed E-state index contributed by atoms with van der Waals surface area (Å²) in [6.07, 6.45) is 0.622. The Morgan fingerprint density at radius 3 is 0.662 bits per heavy atom. The second-order valence-electron chi connectivity index (χ2n) is 15.8. The molecule has 0 saturated carbocycles. The van der Waals surface area contributed by atoms with Gasteiger partial charge in [0.05, 0.1) is 77.2 Å². The first-order valence-corrected chi connectivity index (χ1v) is 21.2. The van der Waals surface area contributed by atoms with E-state index in [4.69, 9.17) is 37.9 Å². The second-order valence-corrected chi connectivity index (χ2v) is 15.8. The van der Waals surface area contributed by atoms with Crippen LogP contribution in [0.5, 0.6) is 23.0 Å². The summed E-state index contributed by atoms with van der Waals surface area (Å²) in [6, 6.07) is 14.5. The van der Waals surface area contributed by atoms with E-state index in [9.17, 15) is 39.6 Å². The van der Waals surface area contributed by atoms with Gasteiger partial charge < -0.3 is 58.3 Å². The second kappa shape index (κ2) is 24.0. The van der Waals surface area contributed by atoms with E-state index in [-0.39, 0.29) is 74.4 Å². The largest absolute Gasteiger partial charge is 0.496 e. The minimum atomic E-state index is -0.786. The number of carbonyl (C=O) groups is 4. The average Bonchev–Trinajstić information content (AvgIpc) is 3.34. The van der Waals surface area contributed by atoms with Gasteiger partial charge in [-0.3, -0.25) is 0 Å². The fourth-order valence-corrected chi connectivity index (χ4v) is 7.82. The number of aliphatic hydroxyl groups excluding tert-OH is 4. The van der Waals surface area contributed by atoms with E-state index in [0.29, 0.717) is 89.8 Å². The molecule has 1 aliphatic carbocycles. The lowest BCUT2D eigenvalue weighted by Gasteiger charge is -2.23. The highest BCUT2D eigenvalue weighted by molar-refractivity contribution is 5.89. The van der Waals surface area contributed by atoms with Gasteiger partial charge in [0.15, 0.2) is 0 Å². The summed E-state index contributed by atoms with van der Waals surface area (Å²) < 4.78 is 46.9. The van der Waals surface area contributed by atoms with E-state index in [1.807, 2.05) is 48.5 Å². The van der Waals surface area contributed by atoms with Gasteiger partial charge in [-0.05, 0) is 115 Å². The highest BCUT2D eigenvalue weighted by Gasteiger charge is 2.25. The van der Waals surface area contributed by atoms with Crippen molar-refractivity contribution in [2.45, 2.75) is 52.1 Å². The van der Waals surface area contributed by atoms with E-state index in [0.717, 1.165) is 0 Å². The number of rotatable bonds is 20. The number of carbonyl (C=O) groups excluding carboxylic acids is 4. The van der Waals surface area contributed by atoms with Gasteiger partial charge in [0, 0.05) is 25.7 Å². The number of aliphatic hydroxyl groups is 4. The number of methoxy groups -OCH3 is 4. The Bertz CT molecular complexity index is 2170. The Morgan fingerprint density at radius 1 is 0.368 bits per heavy atom. The lowest BCUT2D eigenvalue weighted by Crippen LogP contribution is -2.13. The first kappa shape index (κ1) is 51.7. The van der Waals surface area contributed by atoms with Gasteiger partial charge in [-0.25, -0.2) is 19.2 Å². The molecule has 1 aliphatic rings.